The van der Waals surface area contributed by atoms with Crippen LogP contribution in [-0.2, 0) is 11.3 Å². The summed E-state index contributed by atoms with van der Waals surface area (Å²) in [5, 5.41) is 3.93. The third-order valence-electron chi connectivity index (χ3n) is 4.36. The number of rotatable bonds is 6. The van der Waals surface area contributed by atoms with Gasteiger partial charge in [0.25, 0.3) is 5.76 Å². The van der Waals surface area contributed by atoms with Gasteiger partial charge in [0.15, 0.2) is 5.16 Å². The number of para-hydroxylation sites is 3. The van der Waals surface area contributed by atoms with E-state index >= 15 is 0 Å². The Morgan fingerprint density at radius 3 is 2.75 bits per heavy atom. The van der Waals surface area contributed by atoms with Crippen molar-refractivity contribution < 1.29 is 18.0 Å². The Morgan fingerprint density at radius 1 is 1.21 bits per heavy atom. The van der Waals surface area contributed by atoms with Gasteiger partial charge in [-0.15, -0.1) is 0 Å². The Bertz CT molecular complexity index is 1110. The summed E-state index contributed by atoms with van der Waals surface area (Å²) < 4.78 is 33.1. The van der Waals surface area contributed by atoms with Crippen LogP contribution >= 0.6 is 11.8 Å². The van der Waals surface area contributed by atoms with Crippen LogP contribution in [0.4, 0.5) is 8.78 Å². The standard InChI is InChI=1S/C20H17F2N3O2S/c1-12(17-10-13-6-2-5-9-16(13)27-17)23-18(26)11-25-15-8-4-3-7-14(15)24-20(25)28-19(21)22/h2-10,12,19H,11H2,1H3,(H,23,26). The highest BCUT2D eigenvalue weighted by Gasteiger charge is 2.19. The number of nitrogens with one attached hydrogen (secondary N) is 1. The lowest BCUT2D eigenvalue weighted by atomic mass is 10.2. The lowest BCUT2D eigenvalue weighted by Crippen LogP contribution is -2.30. The van der Waals surface area contributed by atoms with Crippen LogP contribution in [0, 0.1) is 0 Å². The van der Waals surface area contributed by atoms with Crippen molar-refractivity contribution >= 4 is 39.7 Å². The second kappa shape index (κ2) is 7.63. The predicted molar refractivity (Wildman–Crippen MR) is 104 cm³/mol. The molecule has 0 spiro atoms. The van der Waals surface area contributed by atoms with Crippen LogP contribution in [0.3, 0.4) is 0 Å². The number of nitrogens with zero attached hydrogens (tertiary/aromatic N) is 2. The molecular weight excluding hydrogens is 384 g/mol. The Morgan fingerprint density at radius 2 is 1.96 bits per heavy atom. The number of fused-ring (bicyclic) bond motifs is 2. The van der Waals surface area contributed by atoms with Gasteiger partial charge in [-0.1, -0.05) is 30.3 Å². The molecule has 1 amide bonds. The summed E-state index contributed by atoms with van der Waals surface area (Å²) in [6, 6.07) is 16.2. The Hall–Kier alpha value is -2.87. The van der Waals surface area contributed by atoms with Gasteiger partial charge in [-0.25, -0.2) is 4.98 Å². The number of aromatic nitrogens is 2. The van der Waals surface area contributed by atoms with Crippen molar-refractivity contribution in [2.24, 2.45) is 0 Å². The van der Waals surface area contributed by atoms with Crippen LogP contribution in [0.25, 0.3) is 22.0 Å². The van der Waals surface area contributed by atoms with E-state index in [4.69, 9.17) is 4.42 Å². The number of halogens is 2. The number of amides is 1. The summed E-state index contributed by atoms with van der Waals surface area (Å²) in [5.41, 5.74) is 1.95. The fourth-order valence-corrected chi connectivity index (χ4v) is 3.69. The molecule has 28 heavy (non-hydrogen) atoms. The number of carbonyl (C=O) groups is 1. The largest absolute Gasteiger partial charge is 0.459 e. The average molecular weight is 401 g/mol. The Balaban J connectivity index is 1.54. The lowest BCUT2D eigenvalue weighted by molar-refractivity contribution is -0.122. The molecule has 0 saturated heterocycles. The number of furan rings is 1. The molecule has 2 aromatic heterocycles. The van der Waals surface area contributed by atoms with Gasteiger partial charge >= 0.3 is 0 Å². The predicted octanol–water partition coefficient (Wildman–Crippen LogP) is 4.97. The molecule has 0 aliphatic heterocycles. The first kappa shape index (κ1) is 18.5. The minimum Gasteiger partial charge on any atom is -0.459 e. The maximum atomic E-state index is 12.9. The molecule has 5 nitrogen and oxygen atoms in total. The second-order valence-electron chi connectivity index (χ2n) is 6.32. The molecule has 0 fully saturated rings. The quantitative estimate of drug-likeness (QED) is 0.463. The molecule has 4 aromatic rings. The SMILES string of the molecule is CC(NC(=O)Cn1c(SC(F)F)nc2ccccc21)c1cc2ccccc2o1. The van der Waals surface area contributed by atoms with Gasteiger partial charge in [-0.05, 0) is 43.0 Å². The topological polar surface area (TPSA) is 60.1 Å². The minimum atomic E-state index is -2.62. The molecule has 1 unspecified atom stereocenters. The summed E-state index contributed by atoms with van der Waals surface area (Å²) >= 11 is 0.331. The molecule has 144 valence electrons. The van der Waals surface area contributed by atoms with Crippen molar-refractivity contribution in [2.75, 3.05) is 0 Å². The molecule has 0 radical (unpaired) electrons. The van der Waals surface area contributed by atoms with Crippen molar-refractivity contribution in [3.8, 4) is 0 Å². The maximum Gasteiger partial charge on any atom is 0.291 e. The molecule has 8 heteroatoms. The Kier molecular flexibility index (Phi) is 5.04. The molecule has 2 heterocycles. The van der Waals surface area contributed by atoms with Crippen molar-refractivity contribution in [3.05, 3.63) is 60.4 Å². The Labute approximate surface area is 163 Å². The van der Waals surface area contributed by atoms with Gasteiger partial charge in [0, 0.05) is 5.39 Å². The van der Waals surface area contributed by atoms with Crippen molar-refractivity contribution in [3.63, 3.8) is 0 Å². The first-order chi connectivity index (χ1) is 13.5. The number of carbonyl (C=O) groups excluding carboxylic acids is 1. The van der Waals surface area contributed by atoms with Crippen molar-refractivity contribution in [2.45, 2.75) is 30.4 Å². The molecular formula is C20H17F2N3O2S. The molecule has 2 aromatic carbocycles. The number of imidazole rings is 1. The number of alkyl halides is 2. The third-order valence-corrected chi connectivity index (χ3v) is 5.07. The van der Waals surface area contributed by atoms with Crippen molar-refractivity contribution in [1.29, 1.82) is 0 Å². The number of thioether (sulfide) groups is 1. The van der Waals surface area contributed by atoms with Crippen LogP contribution in [0.15, 0.2) is 64.2 Å². The van der Waals surface area contributed by atoms with E-state index in [1.165, 1.54) is 4.57 Å². The van der Waals surface area contributed by atoms with E-state index in [0.29, 0.717) is 28.6 Å². The van der Waals surface area contributed by atoms with Crippen LogP contribution in [-0.4, -0.2) is 21.2 Å². The molecule has 1 atom stereocenters. The molecule has 4 rings (SSSR count). The van der Waals surface area contributed by atoms with E-state index in [0.717, 1.165) is 11.0 Å². The molecule has 0 saturated carbocycles. The van der Waals surface area contributed by atoms with Gasteiger partial charge in [0.1, 0.15) is 17.9 Å². The van der Waals surface area contributed by atoms with E-state index in [2.05, 4.69) is 10.3 Å². The molecule has 0 aliphatic rings. The van der Waals surface area contributed by atoms with Crippen LogP contribution < -0.4 is 5.32 Å². The van der Waals surface area contributed by atoms with Crippen LogP contribution in [0.5, 0.6) is 0 Å². The van der Waals surface area contributed by atoms with Crippen molar-refractivity contribution in [1.82, 2.24) is 14.9 Å². The van der Waals surface area contributed by atoms with E-state index in [1.807, 2.05) is 37.3 Å². The highest BCUT2D eigenvalue weighted by atomic mass is 32.2. The first-order valence-electron chi connectivity index (χ1n) is 8.69. The number of benzene rings is 2. The zero-order valence-corrected chi connectivity index (χ0v) is 15.7. The normalized spacial score (nSPS) is 12.7. The van der Waals surface area contributed by atoms with E-state index in [-0.39, 0.29) is 23.7 Å². The zero-order chi connectivity index (χ0) is 19.7. The zero-order valence-electron chi connectivity index (χ0n) is 14.9. The van der Waals surface area contributed by atoms with Gasteiger partial charge in [-0.2, -0.15) is 8.78 Å². The maximum absolute atomic E-state index is 12.9. The smallest absolute Gasteiger partial charge is 0.291 e. The van der Waals surface area contributed by atoms with E-state index in [1.54, 1.807) is 24.3 Å². The minimum absolute atomic E-state index is 0.111. The van der Waals surface area contributed by atoms with Gasteiger partial charge in [0.05, 0.1) is 17.1 Å². The number of hydrogen-bond acceptors (Lipinski definition) is 4. The average Bonchev–Trinajstić information content (AvgIpc) is 3.23. The highest BCUT2D eigenvalue weighted by molar-refractivity contribution is 7.99. The second-order valence-corrected chi connectivity index (χ2v) is 7.28. The monoisotopic (exact) mass is 401 g/mol. The van der Waals surface area contributed by atoms with E-state index < -0.39 is 5.76 Å². The first-order valence-corrected chi connectivity index (χ1v) is 9.57. The summed E-state index contributed by atoms with van der Waals surface area (Å²) in [4.78, 5) is 16.8. The summed E-state index contributed by atoms with van der Waals surface area (Å²) in [6.45, 7) is 1.70. The van der Waals surface area contributed by atoms with Gasteiger partial charge < -0.3 is 14.3 Å². The summed E-state index contributed by atoms with van der Waals surface area (Å²) in [6.07, 6.45) is 0. The van der Waals surface area contributed by atoms with Gasteiger partial charge in [0.2, 0.25) is 5.91 Å². The third kappa shape index (κ3) is 3.73. The van der Waals surface area contributed by atoms with E-state index in [9.17, 15) is 13.6 Å². The molecule has 1 N–H and O–H groups in total. The fraction of sp³-hybridized carbons (Fsp3) is 0.200. The summed E-state index contributed by atoms with van der Waals surface area (Å²) in [5.74, 6) is -2.30. The van der Waals surface area contributed by atoms with Crippen LogP contribution in [0.2, 0.25) is 0 Å². The molecule has 0 bridgehead atoms. The summed E-state index contributed by atoms with van der Waals surface area (Å²) in [7, 11) is 0. The van der Waals surface area contributed by atoms with Crippen LogP contribution in [0.1, 0.15) is 18.7 Å². The van der Waals surface area contributed by atoms with Gasteiger partial charge in [-0.3, -0.25) is 4.79 Å². The number of hydrogen-bond donors (Lipinski definition) is 1. The fourth-order valence-electron chi connectivity index (χ4n) is 3.09. The highest BCUT2D eigenvalue weighted by Crippen LogP contribution is 2.29. The molecule has 0 aliphatic carbocycles. The lowest BCUT2D eigenvalue weighted by Gasteiger charge is -2.13.